The summed E-state index contributed by atoms with van der Waals surface area (Å²) in [7, 11) is -3.51. The SMILES string of the molecule is CCCCCCCCCCCCS(=O)(=O)NCC(C)OC(=O)c1ccc(NC(=O)C(C(=O)C(C)(C)C)N2C(=O)OC(C)(C)C2=O)c(C)c1. The van der Waals surface area contributed by atoms with Crippen molar-refractivity contribution in [2.45, 2.75) is 137 Å². The summed E-state index contributed by atoms with van der Waals surface area (Å²) >= 11 is 0. The van der Waals surface area contributed by atoms with Crippen molar-refractivity contribution in [2.75, 3.05) is 17.6 Å². The van der Waals surface area contributed by atoms with Crippen molar-refractivity contribution in [1.82, 2.24) is 9.62 Å². The first kappa shape index (κ1) is 40.9. The molecule has 3 amide bonds. The summed E-state index contributed by atoms with van der Waals surface area (Å²) in [6, 6.07) is 2.55. The summed E-state index contributed by atoms with van der Waals surface area (Å²) in [4.78, 5) is 65.6. The van der Waals surface area contributed by atoms with Crippen molar-refractivity contribution in [3.05, 3.63) is 29.3 Å². The standard InChI is InChI=1S/C35H55N3O9S/c1-9-10-11-12-13-14-15-16-17-18-21-48(44,45)36-23-25(3)46-31(41)26-19-20-27(24(2)22-26)37-30(40)28(29(39)34(4,5)6)38-32(42)35(7,8)47-33(38)43/h19-20,22,25,28,36H,9-18,21,23H2,1-8H3,(H,37,40). The molecule has 1 aromatic carbocycles. The molecule has 0 aliphatic carbocycles. The number of unbranched alkanes of at least 4 members (excludes halogenated alkanes) is 9. The van der Waals surface area contributed by atoms with E-state index in [2.05, 4.69) is 17.0 Å². The van der Waals surface area contributed by atoms with Crippen LogP contribution < -0.4 is 10.0 Å². The normalized spacial score (nSPS) is 16.0. The van der Waals surface area contributed by atoms with Gasteiger partial charge < -0.3 is 14.8 Å². The van der Waals surface area contributed by atoms with E-state index in [4.69, 9.17) is 9.47 Å². The zero-order valence-electron chi connectivity index (χ0n) is 29.9. The molecule has 270 valence electrons. The molecule has 1 heterocycles. The number of sulfonamides is 1. The lowest BCUT2D eigenvalue weighted by Gasteiger charge is -2.28. The van der Waals surface area contributed by atoms with E-state index in [9.17, 15) is 32.4 Å². The summed E-state index contributed by atoms with van der Waals surface area (Å²) in [5, 5.41) is 2.60. The van der Waals surface area contributed by atoms with E-state index >= 15 is 0 Å². The van der Waals surface area contributed by atoms with Crippen LogP contribution in [0.4, 0.5) is 10.5 Å². The van der Waals surface area contributed by atoms with E-state index < -0.39 is 62.8 Å². The molecule has 1 aliphatic heterocycles. The summed E-state index contributed by atoms with van der Waals surface area (Å²) in [5.74, 6) is -3.05. The molecule has 0 saturated carbocycles. The number of benzene rings is 1. The number of anilines is 1. The van der Waals surface area contributed by atoms with Crippen LogP contribution >= 0.6 is 0 Å². The number of rotatable bonds is 20. The molecule has 1 saturated heterocycles. The van der Waals surface area contributed by atoms with Crippen LogP contribution in [0.1, 0.15) is 129 Å². The largest absolute Gasteiger partial charge is 0.458 e. The van der Waals surface area contributed by atoms with Gasteiger partial charge >= 0.3 is 12.1 Å². The molecule has 0 spiro atoms. The monoisotopic (exact) mass is 693 g/mol. The third-order valence-corrected chi connectivity index (χ3v) is 9.59. The molecule has 2 rings (SSSR count). The first-order valence-corrected chi connectivity index (χ1v) is 18.7. The van der Waals surface area contributed by atoms with E-state index in [1.165, 1.54) is 70.6 Å². The zero-order valence-corrected chi connectivity index (χ0v) is 30.7. The minimum atomic E-state index is -3.51. The number of hydrogen-bond acceptors (Lipinski definition) is 9. The number of carbonyl (C=O) groups is 5. The molecule has 48 heavy (non-hydrogen) atoms. The molecule has 13 heteroatoms. The fourth-order valence-corrected chi connectivity index (χ4v) is 6.41. The van der Waals surface area contributed by atoms with Gasteiger partial charge in [-0.05, 0) is 57.9 Å². The maximum absolute atomic E-state index is 13.4. The fourth-order valence-electron chi connectivity index (χ4n) is 5.19. The number of carbonyl (C=O) groups excluding carboxylic acids is 5. The van der Waals surface area contributed by atoms with E-state index in [0.717, 1.165) is 19.3 Å². The van der Waals surface area contributed by atoms with Gasteiger partial charge in [0.15, 0.2) is 17.4 Å². The molecular weight excluding hydrogens is 638 g/mol. The van der Waals surface area contributed by atoms with Crippen molar-refractivity contribution in [1.29, 1.82) is 0 Å². The van der Waals surface area contributed by atoms with Gasteiger partial charge in [-0.2, -0.15) is 0 Å². The minimum absolute atomic E-state index is 0.0175. The first-order valence-electron chi connectivity index (χ1n) is 17.0. The van der Waals surface area contributed by atoms with Gasteiger partial charge in [-0.3, -0.25) is 14.4 Å². The van der Waals surface area contributed by atoms with Gasteiger partial charge in [0.1, 0.15) is 6.10 Å². The molecule has 0 radical (unpaired) electrons. The lowest BCUT2D eigenvalue weighted by atomic mass is 9.85. The van der Waals surface area contributed by atoms with Crippen LogP contribution in [0.2, 0.25) is 0 Å². The van der Waals surface area contributed by atoms with Crippen molar-refractivity contribution >= 4 is 45.4 Å². The lowest BCUT2D eigenvalue weighted by Crippen LogP contribution is -2.55. The number of nitrogens with zero attached hydrogens (tertiary/aromatic N) is 1. The summed E-state index contributed by atoms with van der Waals surface area (Å²) in [5.41, 5.74) is -1.76. The Hall–Kier alpha value is -3.32. The van der Waals surface area contributed by atoms with Crippen LogP contribution in [-0.2, 0) is 33.9 Å². The van der Waals surface area contributed by atoms with Crippen LogP contribution in [-0.4, -0.2) is 73.0 Å². The predicted octanol–water partition coefficient (Wildman–Crippen LogP) is 6.06. The highest BCUT2D eigenvalue weighted by Crippen LogP contribution is 2.30. The Kier molecular flexibility index (Phi) is 15.2. The maximum Gasteiger partial charge on any atom is 0.418 e. The Balaban J connectivity index is 1.92. The first-order chi connectivity index (χ1) is 22.3. The van der Waals surface area contributed by atoms with Crippen molar-refractivity contribution in [2.24, 2.45) is 5.41 Å². The summed E-state index contributed by atoms with van der Waals surface area (Å²) < 4.78 is 37.9. The third-order valence-electron chi connectivity index (χ3n) is 8.15. The highest BCUT2D eigenvalue weighted by atomic mass is 32.2. The second kappa shape index (κ2) is 17.9. The minimum Gasteiger partial charge on any atom is -0.458 e. The number of nitrogens with one attached hydrogen (secondary N) is 2. The number of imide groups is 1. The van der Waals surface area contributed by atoms with Crippen molar-refractivity contribution in [3.63, 3.8) is 0 Å². The molecule has 12 nitrogen and oxygen atoms in total. The lowest BCUT2D eigenvalue weighted by molar-refractivity contribution is -0.145. The summed E-state index contributed by atoms with van der Waals surface area (Å²) in [6.07, 6.45) is 9.21. The molecule has 1 aliphatic rings. The zero-order chi connectivity index (χ0) is 36.3. The average molecular weight is 694 g/mol. The van der Waals surface area contributed by atoms with Crippen LogP contribution in [0.15, 0.2) is 18.2 Å². The second-order valence-corrected chi connectivity index (χ2v) is 16.1. The van der Waals surface area contributed by atoms with Crippen LogP contribution in [0, 0.1) is 12.3 Å². The highest BCUT2D eigenvalue weighted by molar-refractivity contribution is 7.89. The third kappa shape index (κ3) is 12.3. The Morgan fingerprint density at radius 3 is 2.02 bits per heavy atom. The number of ether oxygens (including phenoxy) is 2. The van der Waals surface area contributed by atoms with Crippen molar-refractivity contribution < 1.29 is 41.9 Å². The van der Waals surface area contributed by atoms with E-state index in [1.54, 1.807) is 34.6 Å². The molecule has 2 atom stereocenters. The number of amides is 3. The Labute approximate surface area is 286 Å². The molecule has 2 unspecified atom stereocenters. The average Bonchev–Trinajstić information content (AvgIpc) is 3.19. The smallest absolute Gasteiger partial charge is 0.418 e. The van der Waals surface area contributed by atoms with Gasteiger partial charge in [0, 0.05) is 17.6 Å². The van der Waals surface area contributed by atoms with E-state index in [-0.39, 0.29) is 23.5 Å². The van der Waals surface area contributed by atoms with Gasteiger partial charge in [0.25, 0.3) is 11.8 Å². The van der Waals surface area contributed by atoms with Crippen LogP contribution in [0.25, 0.3) is 0 Å². The van der Waals surface area contributed by atoms with Gasteiger partial charge in [-0.25, -0.2) is 27.6 Å². The van der Waals surface area contributed by atoms with E-state index in [0.29, 0.717) is 16.9 Å². The second-order valence-electron chi connectivity index (χ2n) is 14.2. The number of aryl methyl sites for hydroxylation is 1. The topological polar surface area (TPSA) is 165 Å². The Morgan fingerprint density at radius 1 is 0.958 bits per heavy atom. The predicted molar refractivity (Wildman–Crippen MR) is 184 cm³/mol. The molecule has 0 aromatic heterocycles. The maximum atomic E-state index is 13.4. The van der Waals surface area contributed by atoms with E-state index in [1.807, 2.05) is 0 Å². The van der Waals surface area contributed by atoms with Gasteiger partial charge in [0.05, 0.1) is 11.3 Å². The Bertz CT molecular complexity index is 1420. The highest BCUT2D eigenvalue weighted by Gasteiger charge is 2.55. The molecule has 2 N–H and O–H groups in total. The fraction of sp³-hybridized carbons (Fsp3) is 0.686. The molecule has 1 aromatic rings. The van der Waals surface area contributed by atoms with Gasteiger partial charge in [0.2, 0.25) is 10.0 Å². The number of ketones is 1. The van der Waals surface area contributed by atoms with Crippen molar-refractivity contribution in [3.8, 4) is 0 Å². The Morgan fingerprint density at radius 2 is 1.52 bits per heavy atom. The number of Topliss-reactive ketones (excluding diaryl/α,β-unsaturated/α-hetero) is 1. The van der Waals surface area contributed by atoms with Crippen LogP contribution in [0.5, 0.6) is 0 Å². The quantitative estimate of drug-likeness (QED) is 0.0938. The number of hydrogen-bond donors (Lipinski definition) is 2. The number of esters is 1. The molecule has 1 fully saturated rings. The van der Waals surface area contributed by atoms with Gasteiger partial charge in [-0.1, -0.05) is 85.5 Å². The molecular formula is C35H55N3O9S. The summed E-state index contributed by atoms with van der Waals surface area (Å²) in [6.45, 7) is 12.8. The van der Waals surface area contributed by atoms with Crippen LogP contribution in [0.3, 0.4) is 0 Å². The number of cyclic esters (lactones) is 1. The molecule has 0 bridgehead atoms. The van der Waals surface area contributed by atoms with Gasteiger partial charge in [-0.15, -0.1) is 0 Å².